The maximum absolute atomic E-state index is 12.6. The van der Waals surface area contributed by atoms with Gasteiger partial charge in [-0.3, -0.25) is 19.5 Å². The van der Waals surface area contributed by atoms with Gasteiger partial charge in [-0.05, 0) is 18.6 Å². The van der Waals surface area contributed by atoms with Crippen LogP contribution in [0.2, 0.25) is 0 Å². The molecule has 0 saturated heterocycles. The van der Waals surface area contributed by atoms with Gasteiger partial charge in [0, 0.05) is 19.2 Å². The minimum Gasteiger partial charge on any atom is -0.408 e. The SMILES string of the molecule is CC(c1ccccc1)N(C)C(=O)Cn1c(=O)oc2ccc([N+](=O)[O-])cc21. The van der Waals surface area contributed by atoms with E-state index in [1.165, 1.54) is 23.1 Å². The smallest absolute Gasteiger partial charge is 0.408 e. The van der Waals surface area contributed by atoms with Crippen LogP contribution in [0.3, 0.4) is 0 Å². The number of hydrogen-bond acceptors (Lipinski definition) is 5. The highest BCUT2D eigenvalue weighted by Gasteiger charge is 2.21. The molecule has 8 heteroatoms. The van der Waals surface area contributed by atoms with E-state index in [1.807, 2.05) is 37.3 Å². The van der Waals surface area contributed by atoms with Crippen LogP contribution in [0.4, 0.5) is 5.69 Å². The molecule has 0 aliphatic carbocycles. The van der Waals surface area contributed by atoms with E-state index < -0.39 is 10.7 Å². The first-order valence-electron chi connectivity index (χ1n) is 7.97. The summed E-state index contributed by atoms with van der Waals surface area (Å²) in [4.78, 5) is 36.6. The van der Waals surface area contributed by atoms with Crippen LogP contribution < -0.4 is 5.76 Å². The molecule has 26 heavy (non-hydrogen) atoms. The lowest BCUT2D eigenvalue weighted by Crippen LogP contribution is -2.34. The van der Waals surface area contributed by atoms with Gasteiger partial charge >= 0.3 is 5.76 Å². The fourth-order valence-corrected chi connectivity index (χ4v) is 2.73. The van der Waals surface area contributed by atoms with E-state index in [4.69, 9.17) is 4.42 Å². The molecule has 3 rings (SSSR count). The van der Waals surface area contributed by atoms with Gasteiger partial charge in [-0.2, -0.15) is 0 Å². The number of nitro groups is 1. The highest BCUT2D eigenvalue weighted by Crippen LogP contribution is 2.22. The van der Waals surface area contributed by atoms with Crippen molar-refractivity contribution in [2.45, 2.75) is 19.5 Å². The van der Waals surface area contributed by atoms with Gasteiger partial charge in [0.2, 0.25) is 5.91 Å². The molecule has 0 fully saturated rings. The van der Waals surface area contributed by atoms with E-state index in [1.54, 1.807) is 7.05 Å². The predicted molar refractivity (Wildman–Crippen MR) is 94.8 cm³/mol. The average Bonchev–Trinajstić information content (AvgIpc) is 2.95. The van der Waals surface area contributed by atoms with Gasteiger partial charge in [-0.1, -0.05) is 30.3 Å². The first kappa shape index (κ1) is 17.4. The number of fused-ring (bicyclic) bond motifs is 1. The summed E-state index contributed by atoms with van der Waals surface area (Å²) in [6.45, 7) is 1.62. The number of non-ortho nitro benzene ring substituents is 1. The summed E-state index contributed by atoms with van der Waals surface area (Å²) < 4.78 is 6.18. The summed E-state index contributed by atoms with van der Waals surface area (Å²) in [6.07, 6.45) is 0. The average molecular weight is 355 g/mol. The lowest BCUT2D eigenvalue weighted by Gasteiger charge is -2.25. The fraction of sp³-hybridized carbons (Fsp3) is 0.222. The minimum atomic E-state index is -0.727. The predicted octanol–water partition coefficient (Wildman–Crippen LogP) is 2.72. The minimum absolute atomic E-state index is 0.175. The molecule has 1 aromatic heterocycles. The van der Waals surface area contributed by atoms with Crippen molar-refractivity contribution in [2.24, 2.45) is 0 Å². The van der Waals surface area contributed by atoms with Crippen LogP contribution in [0.5, 0.6) is 0 Å². The van der Waals surface area contributed by atoms with Crippen LogP contribution in [0, 0.1) is 10.1 Å². The third-order valence-electron chi connectivity index (χ3n) is 4.41. The molecule has 3 aromatic rings. The van der Waals surface area contributed by atoms with Crippen molar-refractivity contribution in [3.05, 3.63) is 74.8 Å². The summed E-state index contributed by atoms with van der Waals surface area (Å²) in [5, 5.41) is 11.0. The molecule has 1 atom stereocenters. The van der Waals surface area contributed by atoms with Gasteiger partial charge in [0.25, 0.3) is 5.69 Å². The lowest BCUT2D eigenvalue weighted by atomic mass is 10.1. The number of nitro benzene ring substituents is 1. The molecule has 0 bridgehead atoms. The second-order valence-electron chi connectivity index (χ2n) is 5.95. The summed E-state index contributed by atoms with van der Waals surface area (Å²) in [5.74, 6) is -1.03. The number of rotatable bonds is 5. The van der Waals surface area contributed by atoms with Crippen molar-refractivity contribution in [2.75, 3.05) is 7.05 Å². The topological polar surface area (TPSA) is 98.6 Å². The van der Waals surface area contributed by atoms with Gasteiger partial charge in [0.1, 0.15) is 6.54 Å². The Kier molecular flexibility index (Phi) is 4.57. The number of nitrogens with zero attached hydrogens (tertiary/aromatic N) is 3. The Labute approximate surface area is 148 Å². The molecule has 0 N–H and O–H groups in total. The first-order valence-corrected chi connectivity index (χ1v) is 7.97. The maximum Gasteiger partial charge on any atom is 0.420 e. The van der Waals surface area contributed by atoms with E-state index in [-0.39, 0.29) is 35.3 Å². The van der Waals surface area contributed by atoms with Crippen molar-refractivity contribution in [1.29, 1.82) is 0 Å². The fourth-order valence-electron chi connectivity index (χ4n) is 2.73. The second-order valence-corrected chi connectivity index (χ2v) is 5.95. The Bertz CT molecular complexity index is 1020. The van der Waals surface area contributed by atoms with Gasteiger partial charge in [0.15, 0.2) is 5.58 Å². The number of amides is 1. The summed E-state index contributed by atoms with van der Waals surface area (Å²) >= 11 is 0. The van der Waals surface area contributed by atoms with Crippen LogP contribution in [0.1, 0.15) is 18.5 Å². The molecule has 2 aromatic carbocycles. The molecule has 134 valence electrons. The standard InChI is InChI=1S/C18H17N3O5/c1-12(13-6-4-3-5-7-13)19(2)17(22)11-20-15-10-14(21(24)25)8-9-16(15)26-18(20)23/h3-10,12H,11H2,1-2H3. The van der Waals surface area contributed by atoms with E-state index in [9.17, 15) is 19.7 Å². The molecule has 0 spiro atoms. The van der Waals surface area contributed by atoms with Crippen molar-refractivity contribution in [3.63, 3.8) is 0 Å². The molecule has 0 radical (unpaired) electrons. The van der Waals surface area contributed by atoms with Crippen LogP contribution in [-0.4, -0.2) is 27.3 Å². The molecule has 1 heterocycles. The summed E-state index contributed by atoms with van der Waals surface area (Å²) in [5.41, 5.74) is 1.21. The number of carbonyl (C=O) groups excluding carboxylic acids is 1. The molecule has 0 saturated carbocycles. The monoisotopic (exact) mass is 355 g/mol. The Balaban J connectivity index is 1.89. The zero-order chi connectivity index (χ0) is 18.8. The highest BCUT2D eigenvalue weighted by atomic mass is 16.6. The molecular formula is C18H17N3O5. The van der Waals surface area contributed by atoms with Crippen molar-refractivity contribution < 1.29 is 14.1 Å². The molecule has 0 aliphatic heterocycles. The van der Waals surface area contributed by atoms with Gasteiger partial charge in [-0.25, -0.2) is 4.79 Å². The Morgan fingerprint density at radius 2 is 1.96 bits per heavy atom. The summed E-state index contributed by atoms with van der Waals surface area (Å²) in [7, 11) is 1.65. The Hall–Kier alpha value is -3.42. The second kappa shape index (κ2) is 6.83. The largest absolute Gasteiger partial charge is 0.420 e. The van der Waals surface area contributed by atoms with E-state index >= 15 is 0 Å². The zero-order valence-corrected chi connectivity index (χ0v) is 14.3. The molecule has 0 aliphatic rings. The van der Waals surface area contributed by atoms with Crippen LogP contribution in [-0.2, 0) is 11.3 Å². The number of oxazole rings is 1. The van der Waals surface area contributed by atoms with Gasteiger partial charge in [0.05, 0.1) is 16.5 Å². The molecule has 1 unspecified atom stereocenters. The van der Waals surface area contributed by atoms with Crippen LogP contribution >= 0.6 is 0 Å². The number of carbonyl (C=O) groups is 1. The van der Waals surface area contributed by atoms with Crippen molar-refractivity contribution >= 4 is 22.7 Å². The molecular weight excluding hydrogens is 338 g/mol. The quantitative estimate of drug-likeness (QED) is 0.518. The number of hydrogen-bond donors (Lipinski definition) is 0. The Morgan fingerprint density at radius 1 is 1.27 bits per heavy atom. The van der Waals surface area contributed by atoms with Gasteiger partial charge < -0.3 is 9.32 Å². The van der Waals surface area contributed by atoms with E-state index in [0.29, 0.717) is 0 Å². The normalized spacial score (nSPS) is 12.1. The zero-order valence-electron chi connectivity index (χ0n) is 14.3. The highest BCUT2D eigenvalue weighted by molar-refractivity contribution is 5.81. The third kappa shape index (κ3) is 3.21. The third-order valence-corrected chi connectivity index (χ3v) is 4.41. The van der Waals surface area contributed by atoms with Crippen LogP contribution in [0.15, 0.2) is 57.7 Å². The van der Waals surface area contributed by atoms with E-state index in [2.05, 4.69) is 0 Å². The van der Waals surface area contributed by atoms with Crippen molar-refractivity contribution in [3.8, 4) is 0 Å². The van der Waals surface area contributed by atoms with Crippen LogP contribution in [0.25, 0.3) is 11.1 Å². The maximum atomic E-state index is 12.6. The van der Waals surface area contributed by atoms with Crippen molar-refractivity contribution in [1.82, 2.24) is 9.47 Å². The lowest BCUT2D eigenvalue weighted by molar-refractivity contribution is -0.384. The first-order chi connectivity index (χ1) is 12.4. The summed E-state index contributed by atoms with van der Waals surface area (Å²) in [6, 6.07) is 13.1. The Morgan fingerprint density at radius 3 is 2.62 bits per heavy atom. The van der Waals surface area contributed by atoms with E-state index in [0.717, 1.165) is 10.1 Å². The number of likely N-dealkylation sites (N-methyl/N-ethyl adjacent to an activating group) is 1. The number of aromatic nitrogens is 1. The molecule has 8 nitrogen and oxygen atoms in total. The molecule has 1 amide bonds. The van der Waals surface area contributed by atoms with Gasteiger partial charge in [-0.15, -0.1) is 0 Å². The number of benzene rings is 2.